The quantitative estimate of drug-likeness (QED) is 0.770. The maximum atomic E-state index is 11.8. The van der Waals surface area contributed by atoms with Crippen LogP contribution in [0.3, 0.4) is 0 Å². The van der Waals surface area contributed by atoms with E-state index in [4.69, 9.17) is 9.47 Å². The normalized spacial score (nSPS) is 11.2. The van der Waals surface area contributed by atoms with Crippen molar-refractivity contribution >= 4 is 11.7 Å². The van der Waals surface area contributed by atoms with Gasteiger partial charge in [0, 0.05) is 19.3 Å². The summed E-state index contributed by atoms with van der Waals surface area (Å²) < 4.78 is 10.4. The lowest BCUT2D eigenvalue weighted by Gasteiger charge is -2.23. The van der Waals surface area contributed by atoms with Crippen molar-refractivity contribution in [2.24, 2.45) is 0 Å². The van der Waals surface area contributed by atoms with Gasteiger partial charge in [-0.05, 0) is 39.3 Å². The highest BCUT2D eigenvalue weighted by Crippen LogP contribution is 2.18. The molecule has 0 radical (unpaired) electrons. The number of para-hydroxylation sites is 1. The summed E-state index contributed by atoms with van der Waals surface area (Å²) in [4.78, 5) is 11.8. The molecule has 4 nitrogen and oxygen atoms in total. The number of carbonyl (C=O) groups excluding carboxylic acids is 1. The minimum absolute atomic E-state index is 0.175. The third-order valence-corrected chi connectivity index (χ3v) is 3.02. The number of methoxy groups -OCH3 is 1. The molecule has 0 atom stereocenters. The van der Waals surface area contributed by atoms with Gasteiger partial charge in [-0.15, -0.1) is 0 Å². The van der Waals surface area contributed by atoms with Crippen LogP contribution < -0.4 is 5.32 Å². The molecular weight excluding hydrogens is 242 g/mol. The summed E-state index contributed by atoms with van der Waals surface area (Å²) in [5.41, 5.74) is 1.19. The van der Waals surface area contributed by atoms with Crippen LogP contribution >= 0.6 is 0 Å². The van der Waals surface area contributed by atoms with Crippen LogP contribution in [0.4, 0.5) is 5.69 Å². The van der Waals surface area contributed by atoms with Crippen molar-refractivity contribution in [2.45, 2.75) is 32.8 Å². The van der Waals surface area contributed by atoms with Gasteiger partial charge < -0.3 is 14.8 Å². The summed E-state index contributed by atoms with van der Waals surface area (Å²) in [6.07, 6.45) is 0.848. The number of anilines is 1. The van der Waals surface area contributed by atoms with Crippen LogP contribution in [-0.2, 0) is 9.47 Å². The van der Waals surface area contributed by atoms with E-state index in [1.165, 1.54) is 0 Å². The lowest BCUT2D eigenvalue weighted by molar-refractivity contribution is 0.0185. The topological polar surface area (TPSA) is 47.6 Å². The summed E-state index contributed by atoms with van der Waals surface area (Å²) in [5.74, 6) is -0.295. The van der Waals surface area contributed by atoms with E-state index in [2.05, 4.69) is 5.32 Å². The van der Waals surface area contributed by atoms with E-state index < -0.39 is 0 Å². The van der Waals surface area contributed by atoms with Crippen molar-refractivity contribution in [1.82, 2.24) is 0 Å². The second kappa shape index (κ2) is 7.14. The molecule has 0 amide bonds. The monoisotopic (exact) mass is 265 g/mol. The fourth-order valence-electron chi connectivity index (χ4n) is 1.62. The van der Waals surface area contributed by atoms with Gasteiger partial charge in [0.25, 0.3) is 0 Å². The Balaban J connectivity index is 2.66. The number of hydrogen-bond donors (Lipinski definition) is 1. The molecule has 0 aliphatic heterocycles. The average Bonchev–Trinajstić information content (AvgIpc) is 2.39. The standard InChI is InChI=1S/C15H23NO3/c1-5-19-14(17)12-8-6-7-9-13(12)16-11-10-15(2,3)18-4/h6-9,16H,5,10-11H2,1-4H3. The predicted octanol–water partition coefficient (Wildman–Crippen LogP) is 3.09. The van der Waals surface area contributed by atoms with Gasteiger partial charge >= 0.3 is 5.97 Å². The third-order valence-electron chi connectivity index (χ3n) is 3.02. The molecule has 4 heteroatoms. The molecule has 1 aromatic rings. The molecule has 1 aromatic carbocycles. The van der Waals surface area contributed by atoms with Gasteiger partial charge in [-0.25, -0.2) is 4.79 Å². The van der Waals surface area contributed by atoms with E-state index in [1.807, 2.05) is 32.0 Å². The molecule has 0 saturated carbocycles. The predicted molar refractivity (Wildman–Crippen MR) is 76.6 cm³/mol. The second-order valence-corrected chi connectivity index (χ2v) is 4.91. The first-order chi connectivity index (χ1) is 9.00. The fraction of sp³-hybridized carbons (Fsp3) is 0.533. The van der Waals surface area contributed by atoms with Gasteiger partial charge in [0.15, 0.2) is 0 Å². The number of carbonyl (C=O) groups is 1. The molecule has 19 heavy (non-hydrogen) atoms. The number of ether oxygens (including phenoxy) is 2. The third kappa shape index (κ3) is 4.91. The van der Waals surface area contributed by atoms with Gasteiger partial charge in [0.05, 0.1) is 17.8 Å². The molecule has 106 valence electrons. The van der Waals surface area contributed by atoms with Crippen molar-refractivity contribution in [3.63, 3.8) is 0 Å². The van der Waals surface area contributed by atoms with Crippen molar-refractivity contribution in [1.29, 1.82) is 0 Å². The highest BCUT2D eigenvalue weighted by Gasteiger charge is 2.16. The Morgan fingerprint density at radius 1 is 1.32 bits per heavy atom. The minimum atomic E-state index is -0.295. The summed E-state index contributed by atoms with van der Waals surface area (Å²) in [6.45, 7) is 6.98. The zero-order valence-electron chi connectivity index (χ0n) is 12.2. The number of esters is 1. The molecule has 0 spiro atoms. The second-order valence-electron chi connectivity index (χ2n) is 4.91. The maximum Gasteiger partial charge on any atom is 0.340 e. The van der Waals surface area contributed by atoms with E-state index in [9.17, 15) is 4.79 Å². The molecule has 1 rings (SSSR count). The SMILES string of the molecule is CCOC(=O)c1ccccc1NCCC(C)(C)OC. The Bertz CT molecular complexity index is 416. The van der Waals surface area contributed by atoms with Gasteiger partial charge in [-0.2, -0.15) is 0 Å². The molecule has 0 aromatic heterocycles. The Morgan fingerprint density at radius 3 is 2.63 bits per heavy atom. The van der Waals surface area contributed by atoms with E-state index in [-0.39, 0.29) is 11.6 Å². The first kappa shape index (κ1) is 15.5. The molecule has 0 heterocycles. The summed E-state index contributed by atoms with van der Waals surface area (Å²) in [7, 11) is 1.70. The van der Waals surface area contributed by atoms with Crippen LogP contribution in [0.5, 0.6) is 0 Å². The molecule has 0 unspecified atom stereocenters. The molecule has 1 N–H and O–H groups in total. The summed E-state index contributed by atoms with van der Waals surface area (Å²) in [5, 5.41) is 3.26. The molecule has 0 bridgehead atoms. The van der Waals surface area contributed by atoms with Gasteiger partial charge in [-0.3, -0.25) is 0 Å². The Morgan fingerprint density at radius 2 is 2.00 bits per heavy atom. The van der Waals surface area contributed by atoms with Crippen LogP contribution in [0.15, 0.2) is 24.3 Å². The van der Waals surface area contributed by atoms with Gasteiger partial charge in [0.1, 0.15) is 0 Å². The van der Waals surface area contributed by atoms with Crippen molar-refractivity contribution in [3.8, 4) is 0 Å². The Kier molecular flexibility index (Phi) is 5.83. The van der Waals surface area contributed by atoms with Crippen LogP contribution in [0.1, 0.15) is 37.6 Å². The van der Waals surface area contributed by atoms with Crippen LogP contribution in [0, 0.1) is 0 Å². The largest absolute Gasteiger partial charge is 0.462 e. The number of nitrogens with one attached hydrogen (secondary N) is 1. The molecule has 0 saturated heterocycles. The Labute approximate surface area is 115 Å². The molecular formula is C15H23NO3. The van der Waals surface area contributed by atoms with Crippen molar-refractivity contribution in [3.05, 3.63) is 29.8 Å². The van der Waals surface area contributed by atoms with Crippen LogP contribution in [-0.4, -0.2) is 31.8 Å². The van der Waals surface area contributed by atoms with Crippen molar-refractivity contribution < 1.29 is 14.3 Å². The smallest absolute Gasteiger partial charge is 0.340 e. The minimum Gasteiger partial charge on any atom is -0.462 e. The number of hydrogen-bond acceptors (Lipinski definition) is 4. The van der Waals surface area contributed by atoms with Gasteiger partial charge in [0.2, 0.25) is 0 Å². The van der Waals surface area contributed by atoms with E-state index in [1.54, 1.807) is 20.1 Å². The lowest BCUT2D eigenvalue weighted by Crippen LogP contribution is -2.26. The van der Waals surface area contributed by atoms with Crippen LogP contribution in [0.2, 0.25) is 0 Å². The lowest BCUT2D eigenvalue weighted by atomic mass is 10.1. The van der Waals surface area contributed by atoms with Crippen LogP contribution in [0.25, 0.3) is 0 Å². The first-order valence-corrected chi connectivity index (χ1v) is 6.55. The zero-order valence-corrected chi connectivity index (χ0v) is 12.2. The van der Waals surface area contributed by atoms with E-state index in [0.29, 0.717) is 12.2 Å². The fourth-order valence-corrected chi connectivity index (χ4v) is 1.62. The average molecular weight is 265 g/mol. The molecule has 0 aliphatic carbocycles. The first-order valence-electron chi connectivity index (χ1n) is 6.55. The zero-order chi connectivity index (χ0) is 14.3. The number of benzene rings is 1. The Hall–Kier alpha value is -1.55. The highest BCUT2D eigenvalue weighted by molar-refractivity contribution is 5.95. The summed E-state index contributed by atoms with van der Waals surface area (Å²) >= 11 is 0. The van der Waals surface area contributed by atoms with E-state index in [0.717, 1.165) is 18.7 Å². The van der Waals surface area contributed by atoms with Crippen molar-refractivity contribution in [2.75, 3.05) is 25.6 Å². The van der Waals surface area contributed by atoms with E-state index >= 15 is 0 Å². The van der Waals surface area contributed by atoms with Gasteiger partial charge in [-0.1, -0.05) is 12.1 Å². The number of rotatable bonds is 7. The summed E-state index contributed by atoms with van der Waals surface area (Å²) in [6, 6.07) is 7.37. The molecule has 0 fully saturated rings. The highest BCUT2D eigenvalue weighted by atomic mass is 16.5. The maximum absolute atomic E-state index is 11.8. The molecule has 0 aliphatic rings.